The van der Waals surface area contributed by atoms with E-state index in [0.29, 0.717) is 33.0 Å². The summed E-state index contributed by atoms with van der Waals surface area (Å²) in [7, 11) is 5.13. The molecule has 2 aliphatic heterocycles. The molecule has 0 spiro atoms. The van der Waals surface area contributed by atoms with E-state index >= 15 is 0 Å². The number of amides is 4. The van der Waals surface area contributed by atoms with Crippen LogP contribution in [0.3, 0.4) is 0 Å². The van der Waals surface area contributed by atoms with Gasteiger partial charge in [-0.15, -0.1) is 0 Å². The first kappa shape index (κ1) is 24.4. The van der Waals surface area contributed by atoms with Gasteiger partial charge in [0.2, 0.25) is 0 Å². The van der Waals surface area contributed by atoms with Gasteiger partial charge in [0.15, 0.2) is 0 Å². The molecule has 7 rings (SSSR count). The summed E-state index contributed by atoms with van der Waals surface area (Å²) in [6, 6.07) is 14.8. The van der Waals surface area contributed by atoms with Crippen LogP contribution in [-0.2, 0) is 0 Å². The molecular formula is C28H19I2N3O4. The molecule has 9 heteroatoms. The zero-order valence-electron chi connectivity index (χ0n) is 20.1. The van der Waals surface area contributed by atoms with Crippen LogP contribution in [0, 0.1) is 0 Å². The molecule has 5 aromatic rings. The summed E-state index contributed by atoms with van der Waals surface area (Å²) in [5.41, 5.74) is 2.01. The smallest absolute Gasteiger partial charge is 0.262 e. The lowest BCUT2D eigenvalue weighted by molar-refractivity contribution is 0.0537. The lowest BCUT2D eigenvalue weighted by atomic mass is 9.82. The van der Waals surface area contributed by atoms with Crippen molar-refractivity contribution in [2.75, 3.05) is 27.8 Å². The molecule has 5 aromatic carbocycles. The molecule has 4 amide bonds. The second-order valence-corrected chi connectivity index (χ2v) is 9.57. The minimum absolute atomic E-state index is 0.201. The Labute approximate surface area is 235 Å². The van der Waals surface area contributed by atoms with Crippen molar-refractivity contribution in [3.63, 3.8) is 0 Å². The zero-order valence-corrected chi connectivity index (χ0v) is 24.4. The Morgan fingerprint density at radius 1 is 0.568 bits per heavy atom. The van der Waals surface area contributed by atoms with E-state index in [0.717, 1.165) is 37.2 Å². The van der Waals surface area contributed by atoms with Gasteiger partial charge < -0.3 is 0 Å². The van der Waals surface area contributed by atoms with Gasteiger partial charge in [-0.25, -0.2) is 0 Å². The summed E-state index contributed by atoms with van der Waals surface area (Å²) in [5.74, 6) is -1.26. The number of hydrogen-bond donors (Lipinski definition) is 0. The summed E-state index contributed by atoms with van der Waals surface area (Å²) in [6.07, 6.45) is 0. The molecule has 0 radical (unpaired) electrons. The van der Waals surface area contributed by atoms with Crippen LogP contribution in [0.2, 0.25) is 0 Å². The van der Waals surface area contributed by atoms with E-state index in [1.165, 1.54) is 11.9 Å². The quantitative estimate of drug-likeness (QED) is 0.0993. The Morgan fingerprint density at radius 2 is 0.892 bits per heavy atom. The first-order chi connectivity index (χ1) is 17.8. The maximum Gasteiger partial charge on any atom is 0.262 e. The van der Waals surface area contributed by atoms with Crippen LogP contribution in [0.15, 0.2) is 48.5 Å². The molecule has 0 aromatic heterocycles. The van der Waals surface area contributed by atoms with Crippen molar-refractivity contribution in [2.24, 2.45) is 0 Å². The minimum atomic E-state index is -0.320. The second kappa shape index (κ2) is 8.57. The predicted octanol–water partition coefficient (Wildman–Crippen LogP) is 5.85. The highest BCUT2D eigenvalue weighted by atomic mass is 128. The average molecular weight is 715 g/mol. The van der Waals surface area contributed by atoms with Crippen molar-refractivity contribution in [1.82, 2.24) is 14.7 Å². The van der Waals surface area contributed by atoms with Gasteiger partial charge in [0.05, 0.1) is 6.67 Å². The van der Waals surface area contributed by atoms with Crippen molar-refractivity contribution in [2.45, 2.75) is 0 Å². The number of nitrogens with zero attached hydrogens (tertiary/aromatic N) is 3. The second-order valence-electron chi connectivity index (χ2n) is 9.57. The molecule has 0 saturated carbocycles. The van der Waals surface area contributed by atoms with E-state index < -0.39 is 0 Å². The molecular weight excluding hydrogens is 696 g/mol. The summed E-state index contributed by atoms with van der Waals surface area (Å²) < 4.78 is 0. The summed E-state index contributed by atoms with van der Waals surface area (Å²) >= 11 is 4.24. The van der Waals surface area contributed by atoms with Crippen molar-refractivity contribution in [3.05, 3.63) is 70.8 Å². The molecule has 184 valence electrons. The number of hydrogen-bond acceptors (Lipinski definition) is 5. The molecule has 2 heterocycles. The Hall–Kier alpha value is -2.90. The van der Waals surface area contributed by atoms with E-state index in [9.17, 15) is 19.2 Å². The van der Waals surface area contributed by atoms with Gasteiger partial charge in [-0.3, -0.25) is 33.9 Å². The number of halogens is 2. The number of carbonyl (C=O) groups excluding carboxylic acids is 4. The van der Waals surface area contributed by atoms with Crippen LogP contribution in [0.4, 0.5) is 0 Å². The third-order valence-electron chi connectivity index (χ3n) is 7.35. The third kappa shape index (κ3) is 3.13. The van der Waals surface area contributed by atoms with Crippen molar-refractivity contribution >= 4 is 104 Å². The maximum absolute atomic E-state index is 13.4. The summed E-state index contributed by atoms with van der Waals surface area (Å²) in [6.45, 7) is 0.201. The highest BCUT2D eigenvalue weighted by molar-refractivity contribution is 15.0. The predicted molar refractivity (Wildman–Crippen MR) is 161 cm³/mol. The summed E-state index contributed by atoms with van der Waals surface area (Å²) in [4.78, 5) is 56.8. The molecule has 37 heavy (non-hydrogen) atoms. The van der Waals surface area contributed by atoms with Gasteiger partial charge in [0.25, 0.3) is 23.6 Å². The first-order valence-electron chi connectivity index (χ1n) is 11.5. The van der Waals surface area contributed by atoms with Crippen molar-refractivity contribution in [3.8, 4) is 0 Å². The fourth-order valence-electron chi connectivity index (χ4n) is 5.85. The van der Waals surface area contributed by atoms with Crippen LogP contribution >= 0.6 is 37.2 Å². The largest absolute Gasteiger partial charge is 0.292 e. The normalized spacial score (nSPS) is 15.1. The van der Waals surface area contributed by atoms with Gasteiger partial charge in [-0.2, -0.15) is 0 Å². The molecule has 2 aliphatic rings. The van der Waals surface area contributed by atoms with E-state index in [2.05, 4.69) is 37.2 Å². The monoisotopic (exact) mass is 715 g/mol. The van der Waals surface area contributed by atoms with Gasteiger partial charge in [0, 0.05) is 77.3 Å². The number of fused-ring (bicyclic) bond motifs is 2. The van der Waals surface area contributed by atoms with Crippen LogP contribution < -0.4 is 0 Å². The van der Waals surface area contributed by atoms with E-state index in [1.807, 2.05) is 38.4 Å². The van der Waals surface area contributed by atoms with Crippen LogP contribution in [0.5, 0.6) is 0 Å². The molecule has 0 saturated heterocycles. The lowest BCUT2D eigenvalue weighted by Crippen LogP contribution is -2.45. The van der Waals surface area contributed by atoms with Gasteiger partial charge in [-0.1, -0.05) is 24.3 Å². The number of imide groups is 2. The van der Waals surface area contributed by atoms with E-state index in [1.54, 1.807) is 29.2 Å². The first-order valence-corrected chi connectivity index (χ1v) is 17.8. The van der Waals surface area contributed by atoms with E-state index in [4.69, 9.17) is 0 Å². The van der Waals surface area contributed by atoms with Gasteiger partial charge in [0.1, 0.15) is 0 Å². The Balaban J connectivity index is 0.00000123. The van der Waals surface area contributed by atoms with Crippen molar-refractivity contribution < 1.29 is 19.2 Å². The Kier molecular flexibility index (Phi) is 5.66. The standard InChI is InChI=1S/C28H19N3O4.I2/c1-29(2)12-31-27(34)19-10-6-15-13-4-8-17-23-18(26(33)30(3)25(17)32)9-5-14(21(13)23)16-7-11-20(28(31)35)24(19)22(15)16;1-2/h4-11H,12H2,1-3H3;. The molecule has 0 atom stereocenters. The van der Waals surface area contributed by atoms with Gasteiger partial charge in [-0.05, 0) is 70.7 Å². The summed E-state index contributed by atoms with van der Waals surface area (Å²) in [5, 5.41) is 6.58. The lowest BCUT2D eigenvalue weighted by Gasteiger charge is -2.30. The number of rotatable bonds is 2. The van der Waals surface area contributed by atoms with Crippen molar-refractivity contribution in [1.29, 1.82) is 0 Å². The highest BCUT2D eigenvalue weighted by Gasteiger charge is 2.36. The fourth-order valence-corrected chi connectivity index (χ4v) is 5.85. The van der Waals surface area contributed by atoms with Crippen LogP contribution in [0.25, 0.3) is 43.1 Å². The average Bonchev–Trinajstić information content (AvgIpc) is 2.91. The molecule has 0 unspecified atom stereocenters. The number of benzene rings is 5. The fraction of sp³-hybridized carbons (Fsp3) is 0.143. The van der Waals surface area contributed by atoms with Gasteiger partial charge >= 0.3 is 0 Å². The number of carbonyl (C=O) groups is 4. The van der Waals surface area contributed by atoms with Crippen LogP contribution in [0.1, 0.15) is 41.4 Å². The Morgan fingerprint density at radius 3 is 1.22 bits per heavy atom. The highest BCUT2D eigenvalue weighted by Crippen LogP contribution is 2.46. The zero-order chi connectivity index (χ0) is 26.3. The molecule has 7 nitrogen and oxygen atoms in total. The topological polar surface area (TPSA) is 78.0 Å². The minimum Gasteiger partial charge on any atom is -0.292 e. The maximum atomic E-state index is 13.4. The molecule has 0 aliphatic carbocycles. The van der Waals surface area contributed by atoms with Crippen LogP contribution in [-0.4, -0.2) is 66.1 Å². The molecule has 0 N–H and O–H groups in total. The third-order valence-corrected chi connectivity index (χ3v) is 7.35. The molecule has 0 bridgehead atoms. The Bertz CT molecular complexity index is 1740. The van der Waals surface area contributed by atoms with E-state index in [-0.39, 0.29) is 30.3 Å². The SMILES string of the molecule is CN(C)CN1C(=O)c2ccc3c4ccc5c6c(ccc(c7ccc(c2c37)C1=O)c64)C(=O)N(C)C5=O.II. The molecule has 0 fully saturated rings.